The summed E-state index contributed by atoms with van der Waals surface area (Å²) in [5, 5.41) is 5.94. The number of nitrogens with zero attached hydrogens (tertiary/aromatic N) is 3. The Morgan fingerprint density at radius 1 is 1.16 bits per heavy atom. The van der Waals surface area contributed by atoms with E-state index in [0.29, 0.717) is 16.3 Å². The van der Waals surface area contributed by atoms with E-state index in [9.17, 15) is 22.8 Å². The highest BCUT2D eigenvalue weighted by molar-refractivity contribution is 6.32. The van der Waals surface area contributed by atoms with E-state index >= 15 is 0 Å². The summed E-state index contributed by atoms with van der Waals surface area (Å²) in [7, 11) is 0. The number of hydrogen-bond donors (Lipinski definition) is 3. The van der Waals surface area contributed by atoms with Crippen LogP contribution in [0.4, 0.5) is 18.9 Å². The number of benzene rings is 1. The zero-order chi connectivity index (χ0) is 22.9. The third kappa shape index (κ3) is 4.52. The van der Waals surface area contributed by atoms with Crippen LogP contribution in [0.2, 0.25) is 5.02 Å². The lowest BCUT2D eigenvalue weighted by atomic mass is 10.0. The molecule has 0 bridgehead atoms. The third-order valence-electron chi connectivity index (χ3n) is 4.27. The molecule has 12 heteroatoms. The lowest BCUT2D eigenvalue weighted by Gasteiger charge is -2.15. The normalized spacial score (nSPS) is 11.3. The van der Waals surface area contributed by atoms with Crippen LogP contribution < -0.4 is 16.6 Å². The van der Waals surface area contributed by atoms with Crippen LogP contribution in [0.1, 0.15) is 37.7 Å². The molecule has 0 spiro atoms. The molecule has 162 valence electrons. The molecular weight excluding hydrogens is 437 g/mol. The van der Waals surface area contributed by atoms with Gasteiger partial charge in [-0.15, -0.1) is 0 Å². The average Bonchev–Trinajstić information content (AvgIpc) is 3.15. The Kier molecular flexibility index (Phi) is 6.00. The molecule has 0 fully saturated rings. The van der Waals surface area contributed by atoms with Gasteiger partial charge in [0.25, 0.3) is 11.8 Å². The molecule has 0 saturated heterocycles. The van der Waals surface area contributed by atoms with Crippen molar-refractivity contribution < 1.29 is 22.8 Å². The maximum atomic E-state index is 13.3. The first kappa shape index (κ1) is 22.2. The lowest BCUT2D eigenvalue weighted by molar-refractivity contribution is -0.141. The molecule has 0 aliphatic heterocycles. The van der Waals surface area contributed by atoms with Gasteiger partial charge in [0.15, 0.2) is 11.5 Å². The van der Waals surface area contributed by atoms with Crippen molar-refractivity contribution in [3.05, 3.63) is 69.6 Å². The zero-order valence-corrected chi connectivity index (χ0v) is 17.0. The molecule has 4 N–H and O–H groups in total. The first-order valence-corrected chi connectivity index (χ1v) is 9.12. The number of aryl methyl sites for hydroxylation is 2. The second-order valence-corrected chi connectivity index (χ2v) is 6.97. The van der Waals surface area contributed by atoms with Gasteiger partial charge in [0.05, 0.1) is 16.3 Å². The highest BCUT2D eigenvalue weighted by Crippen LogP contribution is 2.31. The van der Waals surface area contributed by atoms with Crippen LogP contribution in [0.5, 0.6) is 0 Å². The number of nitrogen functional groups attached to an aromatic ring is 1. The minimum Gasteiger partial charge on any atom is -0.320 e. The van der Waals surface area contributed by atoms with Crippen LogP contribution >= 0.6 is 11.6 Å². The highest BCUT2D eigenvalue weighted by Gasteiger charge is 2.36. The number of aromatic nitrogens is 3. The largest absolute Gasteiger partial charge is 0.435 e. The number of hydrazine groups is 1. The fourth-order valence-electron chi connectivity index (χ4n) is 2.94. The predicted octanol–water partition coefficient (Wildman–Crippen LogP) is 3.41. The topological polar surface area (TPSA) is 115 Å². The van der Waals surface area contributed by atoms with Crippen LogP contribution in [-0.2, 0) is 6.18 Å². The predicted molar refractivity (Wildman–Crippen MR) is 107 cm³/mol. The maximum Gasteiger partial charge on any atom is 0.435 e. The zero-order valence-electron chi connectivity index (χ0n) is 16.2. The smallest absolute Gasteiger partial charge is 0.320 e. The van der Waals surface area contributed by atoms with Gasteiger partial charge >= 0.3 is 6.18 Å². The molecule has 2 amide bonds. The van der Waals surface area contributed by atoms with Crippen molar-refractivity contribution in [2.24, 2.45) is 5.84 Å². The summed E-state index contributed by atoms with van der Waals surface area (Å²) in [4.78, 5) is 29.1. The van der Waals surface area contributed by atoms with Gasteiger partial charge in [-0.3, -0.25) is 15.0 Å². The summed E-state index contributed by atoms with van der Waals surface area (Å²) < 4.78 is 40.6. The van der Waals surface area contributed by atoms with Crippen molar-refractivity contribution in [2.45, 2.75) is 20.0 Å². The summed E-state index contributed by atoms with van der Waals surface area (Å²) in [6.45, 7) is 3.36. The number of alkyl halides is 3. The van der Waals surface area contributed by atoms with Crippen molar-refractivity contribution in [2.75, 3.05) is 5.32 Å². The van der Waals surface area contributed by atoms with E-state index in [1.807, 2.05) is 5.43 Å². The van der Waals surface area contributed by atoms with E-state index < -0.39 is 29.4 Å². The lowest BCUT2D eigenvalue weighted by Crippen LogP contribution is -2.31. The van der Waals surface area contributed by atoms with Crippen molar-refractivity contribution in [3.8, 4) is 5.82 Å². The van der Waals surface area contributed by atoms with Crippen molar-refractivity contribution >= 4 is 29.1 Å². The van der Waals surface area contributed by atoms with E-state index in [-0.39, 0.29) is 22.1 Å². The number of nitrogens with two attached hydrogens (primary N) is 1. The molecule has 0 aliphatic carbocycles. The Morgan fingerprint density at radius 3 is 2.48 bits per heavy atom. The molecule has 0 atom stereocenters. The van der Waals surface area contributed by atoms with Crippen LogP contribution in [0.3, 0.4) is 0 Å². The number of carbonyl (C=O) groups is 2. The maximum absolute atomic E-state index is 13.3. The van der Waals surface area contributed by atoms with Gasteiger partial charge in [-0.1, -0.05) is 17.7 Å². The Morgan fingerprint density at radius 2 is 1.87 bits per heavy atom. The Bertz CT molecular complexity index is 1180. The van der Waals surface area contributed by atoms with Crippen molar-refractivity contribution in [3.63, 3.8) is 0 Å². The van der Waals surface area contributed by atoms with Crippen LogP contribution in [0, 0.1) is 13.8 Å². The summed E-state index contributed by atoms with van der Waals surface area (Å²) in [5.41, 5.74) is 1.55. The van der Waals surface area contributed by atoms with E-state index in [0.717, 1.165) is 5.56 Å². The summed E-state index contributed by atoms with van der Waals surface area (Å²) in [6, 6.07) is 6.63. The number of pyridine rings is 1. The number of rotatable bonds is 4. The molecule has 3 aromatic rings. The molecule has 2 aromatic heterocycles. The number of nitrogens with one attached hydrogen (secondary N) is 2. The molecular formula is C19H16ClF3N6O2. The first-order valence-electron chi connectivity index (χ1n) is 8.74. The van der Waals surface area contributed by atoms with Gasteiger partial charge in [0.1, 0.15) is 5.69 Å². The second-order valence-electron chi connectivity index (χ2n) is 6.57. The van der Waals surface area contributed by atoms with Gasteiger partial charge in [-0.2, -0.15) is 18.3 Å². The van der Waals surface area contributed by atoms with Gasteiger partial charge in [-0.05, 0) is 43.2 Å². The van der Waals surface area contributed by atoms with Crippen molar-refractivity contribution in [1.29, 1.82) is 0 Å². The number of hydrogen-bond acceptors (Lipinski definition) is 5. The fraction of sp³-hybridized carbons (Fsp3) is 0.158. The molecule has 0 saturated carbocycles. The Balaban J connectivity index is 2.12. The molecule has 2 heterocycles. The molecule has 0 unspecified atom stereocenters. The summed E-state index contributed by atoms with van der Waals surface area (Å²) in [6.07, 6.45) is -3.52. The van der Waals surface area contributed by atoms with Crippen LogP contribution in [0.25, 0.3) is 5.82 Å². The summed E-state index contributed by atoms with van der Waals surface area (Å²) in [5.74, 6) is 3.41. The van der Waals surface area contributed by atoms with Crippen LogP contribution in [0.15, 0.2) is 36.5 Å². The molecule has 31 heavy (non-hydrogen) atoms. The fourth-order valence-corrected chi connectivity index (χ4v) is 3.15. The monoisotopic (exact) mass is 452 g/mol. The summed E-state index contributed by atoms with van der Waals surface area (Å²) >= 11 is 6.04. The molecule has 0 aliphatic rings. The second kappa shape index (κ2) is 8.36. The van der Waals surface area contributed by atoms with E-state index in [4.69, 9.17) is 17.4 Å². The molecule has 0 radical (unpaired) electrons. The number of carbonyl (C=O) groups excluding carboxylic acids is 2. The first-order chi connectivity index (χ1) is 14.5. The van der Waals surface area contributed by atoms with E-state index in [1.165, 1.54) is 24.4 Å². The SMILES string of the molecule is Cc1cc(C)c(NC(=O)c2cc(C(F)(F)F)nn2-c2ncccc2Cl)c(C(=O)NN)c1. The minimum absolute atomic E-state index is 0.0110. The standard InChI is InChI=1S/C19H16ClF3N6O2/c1-9-6-10(2)15(11(7-9)17(30)27-24)26-18(31)13-8-14(19(21,22)23)28-29(13)16-12(20)4-3-5-25-16/h3-8H,24H2,1-2H3,(H,26,31)(H,27,30). The highest BCUT2D eigenvalue weighted by atomic mass is 35.5. The molecule has 3 rings (SSSR count). The molecule has 1 aromatic carbocycles. The van der Waals surface area contributed by atoms with Gasteiger partial charge in [0.2, 0.25) is 0 Å². The van der Waals surface area contributed by atoms with Gasteiger partial charge in [0, 0.05) is 12.3 Å². The van der Waals surface area contributed by atoms with Gasteiger partial charge < -0.3 is 5.32 Å². The Hall–Kier alpha value is -3.44. The number of anilines is 1. The third-order valence-corrected chi connectivity index (χ3v) is 4.56. The van der Waals surface area contributed by atoms with Crippen LogP contribution in [-0.4, -0.2) is 26.6 Å². The molecule has 8 nitrogen and oxygen atoms in total. The van der Waals surface area contributed by atoms with E-state index in [2.05, 4.69) is 15.4 Å². The number of halogens is 4. The number of amides is 2. The quantitative estimate of drug-likeness (QED) is 0.319. The Labute approximate surface area is 179 Å². The minimum atomic E-state index is -4.81. The average molecular weight is 453 g/mol. The van der Waals surface area contributed by atoms with Crippen molar-refractivity contribution in [1.82, 2.24) is 20.2 Å². The van der Waals surface area contributed by atoms with Gasteiger partial charge in [-0.25, -0.2) is 15.5 Å². The van der Waals surface area contributed by atoms with E-state index in [1.54, 1.807) is 19.9 Å².